The van der Waals surface area contributed by atoms with Gasteiger partial charge in [0, 0.05) is 18.5 Å². The molecule has 3 aromatic carbocycles. The molecule has 0 unspecified atom stereocenters. The van der Waals surface area contributed by atoms with Gasteiger partial charge >= 0.3 is 12.1 Å². The fourth-order valence-electron chi connectivity index (χ4n) is 5.14. The van der Waals surface area contributed by atoms with E-state index in [1.807, 2.05) is 43.3 Å². The van der Waals surface area contributed by atoms with E-state index in [0.717, 1.165) is 28.2 Å². The summed E-state index contributed by atoms with van der Waals surface area (Å²) in [5.74, 6) is 5.37. The molecule has 1 aromatic heterocycles. The van der Waals surface area contributed by atoms with E-state index in [-0.39, 0.29) is 37.0 Å². The van der Waals surface area contributed by atoms with Gasteiger partial charge < -0.3 is 34.8 Å². The van der Waals surface area contributed by atoms with Crippen molar-refractivity contribution in [1.29, 1.82) is 0 Å². The molecule has 16 heteroatoms. The highest BCUT2D eigenvalue weighted by Gasteiger charge is 2.31. The van der Waals surface area contributed by atoms with Crippen molar-refractivity contribution >= 4 is 18.0 Å². The van der Waals surface area contributed by atoms with Gasteiger partial charge in [-0.3, -0.25) is 0 Å². The van der Waals surface area contributed by atoms with Crippen LogP contribution in [0, 0.1) is 10.1 Å². The first-order valence-electron chi connectivity index (χ1n) is 15.5. The molecule has 0 saturated heterocycles. The first-order valence-corrected chi connectivity index (χ1v) is 15.5. The Labute approximate surface area is 287 Å². The van der Waals surface area contributed by atoms with Crippen LogP contribution in [0.1, 0.15) is 71.5 Å². The lowest BCUT2D eigenvalue weighted by Crippen LogP contribution is -2.33. The number of nitrogens with two attached hydrogens (primary N) is 2. The number of hydrazone groups is 1. The summed E-state index contributed by atoms with van der Waals surface area (Å²) in [7, 11) is 0. The second kappa shape index (κ2) is 16.4. The van der Waals surface area contributed by atoms with Crippen molar-refractivity contribution in [2.24, 2.45) is 16.7 Å². The van der Waals surface area contributed by atoms with Gasteiger partial charge in [0.1, 0.15) is 30.3 Å². The molecule has 0 aliphatic carbocycles. The van der Waals surface area contributed by atoms with Gasteiger partial charge in [0.2, 0.25) is 0 Å². The first kappa shape index (κ1) is 36.8. The van der Waals surface area contributed by atoms with Crippen molar-refractivity contribution in [2.45, 2.75) is 59.0 Å². The van der Waals surface area contributed by atoms with Crippen molar-refractivity contribution in [3.63, 3.8) is 0 Å². The van der Waals surface area contributed by atoms with Gasteiger partial charge in [-0.25, -0.2) is 20.4 Å². The predicted molar refractivity (Wildman–Crippen MR) is 181 cm³/mol. The first-order chi connectivity index (χ1) is 23.8. The highest BCUT2D eigenvalue weighted by atomic mass is 16.9. The number of aromatic carboxylic acids is 1. The Morgan fingerprint density at radius 2 is 1.66 bits per heavy atom. The number of aryl methyl sites for hydroxylation is 1. The molecular weight excluding hydrogens is 650 g/mol. The van der Waals surface area contributed by atoms with Crippen LogP contribution >= 0.6 is 0 Å². The summed E-state index contributed by atoms with van der Waals surface area (Å²) in [6.07, 6.45) is 0.240. The summed E-state index contributed by atoms with van der Waals surface area (Å²) >= 11 is 0. The van der Waals surface area contributed by atoms with Gasteiger partial charge in [-0.1, -0.05) is 79.7 Å². The lowest BCUT2D eigenvalue weighted by Gasteiger charge is -2.16. The maximum absolute atomic E-state index is 12.3. The molecule has 0 bridgehead atoms. The van der Waals surface area contributed by atoms with E-state index in [4.69, 9.17) is 21.1 Å². The van der Waals surface area contributed by atoms with Crippen LogP contribution in [0.2, 0.25) is 0 Å². The van der Waals surface area contributed by atoms with Crippen molar-refractivity contribution in [1.82, 2.24) is 14.7 Å². The Hall–Kier alpha value is -6.00. The molecule has 4 rings (SSSR count). The third kappa shape index (κ3) is 9.55. The van der Waals surface area contributed by atoms with Crippen LogP contribution in [0.3, 0.4) is 0 Å². The molecule has 0 amide bonds. The highest BCUT2D eigenvalue weighted by molar-refractivity contribution is 6.03. The van der Waals surface area contributed by atoms with E-state index in [0.29, 0.717) is 28.9 Å². The second-order valence-electron chi connectivity index (χ2n) is 11.7. The number of carboxylic acid groups (broad SMARTS) is 1. The van der Waals surface area contributed by atoms with Crippen LogP contribution in [-0.4, -0.2) is 54.7 Å². The molecule has 1 heterocycles. The number of hydrogen-bond acceptors (Lipinski definition) is 12. The molecule has 6 N–H and O–H groups in total. The van der Waals surface area contributed by atoms with Crippen molar-refractivity contribution in [3.05, 3.63) is 122 Å². The SMILES string of the molecule is CCCc1nc(C(C)(C)O)c(C(=O)O)n1Cc1ccc(-c2ccccc2/C(N)=N/N(N)COC(=O)OCc2ccccc2CO[N+](=O)[O-])cc1. The minimum atomic E-state index is -1.43. The average molecular weight is 690 g/mol. The summed E-state index contributed by atoms with van der Waals surface area (Å²) in [6.45, 7) is 4.22. The summed E-state index contributed by atoms with van der Waals surface area (Å²) in [6, 6.07) is 21.3. The number of nitrogens with zero attached hydrogens (tertiary/aromatic N) is 5. The number of imidazole rings is 1. The molecule has 4 aromatic rings. The second-order valence-corrected chi connectivity index (χ2v) is 11.7. The molecule has 0 spiro atoms. The lowest BCUT2D eigenvalue weighted by molar-refractivity contribution is -0.763. The number of aliphatic hydroxyl groups is 1. The van der Waals surface area contributed by atoms with Crippen LogP contribution in [0.15, 0.2) is 77.9 Å². The summed E-state index contributed by atoms with van der Waals surface area (Å²) in [5, 5.41) is 35.2. The zero-order valence-electron chi connectivity index (χ0n) is 27.8. The molecule has 50 heavy (non-hydrogen) atoms. The Balaban J connectivity index is 1.43. The molecule has 0 aliphatic heterocycles. The number of hydrazine groups is 1. The number of carbonyl (C=O) groups is 2. The smallest absolute Gasteiger partial charge is 0.477 e. The number of carbonyl (C=O) groups excluding carboxylic acids is 1. The average Bonchev–Trinajstić information content (AvgIpc) is 3.45. The standard InChI is InChI=1S/C34H39N7O9/c1-4-9-28-37-30(34(2,3)45)29(32(42)43)39(28)18-22-14-16-23(17-15-22)26-12-7-8-13-27(26)31(35)38-40(36)21-49-33(44)48-19-24-10-5-6-11-25(24)20-50-41(46)47/h5-8,10-17,45H,4,9,18-21,36H2,1-3H3,(H2,35,38)(H,42,43). The third-order valence-corrected chi connectivity index (χ3v) is 7.45. The molecule has 0 radical (unpaired) electrons. The van der Waals surface area contributed by atoms with E-state index >= 15 is 0 Å². The van der Waals surface area contributed by atoms with Crippen LogP contribution in [0.5, 0.6) is 0 Å². The number of rotatable bonds is 16. The summed E-state index contributed by atoms with van der Waals surface area (Å²) in [5.41, 5.74) is 8.81. The van der Waals surface area contributed by atoms with Gasteiger partial charge in [-0.05, 0) is 48.1 Å². The fourth-order valence-corrected chi connectivity index (χ4v) is 5.14. The molecule has 0 aliphatic rings. The van der Waals surface area contributed by atoms with Crippen molar-refractivity contribution in [3.8, 4) is 11.1 Å². The zero-order valence-corrected chi connectivity index (χ0v) is 27.8. The van der Waals surface area contributed by atoms with Gasteiger partial charge in [-0.15, -0.1) is 15.2 Å². The van der Waals surface area contributed by atoms with Crippen LogP contribution < -0.4 is 11.6 Å². The normalized spacial score (nSPS) is 11.6. The quantitative estimate of drug-likeness (QED) is 0.0245. The molecule has 0 fully saturated rings. The molecule has 0 saturated carbocycles. The van der Waals surface area contributed by atoms with Crippen LogP contribution in [0.25, 0.3) is 11.1 Å². The monoisotopic (exact) mass is 689 g/mol. The Kier molecular flexibility index (Phi) is 12.1. The third-order valence-electron chi connectivity index (χ3n) is 7.45. The minimum Gasteiger partial charge on any atom is -0.477 e. The lowest BCUT2D eigenvalue weighted by atomic mass is 9.98. The van der Waals surface area contributed by atoms with E-state index in [1.54, 1.807) is 41.0 Å². The Morgan fingerprint density at radius 3 is 2.28 bits per heavy atom. The van der Waals surface area contributed by atoms with E-state index in [2.05, 4.69) is 14.9 Å². The van der Waals surface area contributed by atoms with Crippen molar-refractivity contribution in [2.75, 3.05) is 6.73 Å². The van der Waals surface area contributed by atoms with E-state index in [1.165, 1.54) is 13.8 Å². The minimum absolute atomic E-state index is 0.0386. The molecular formula is C34H39N7O9. The Bertz CT molecular complexity index is 1850. The number of ether oxygens (including phenoxy) is 2. The fraction of sp³-hybridized carbons (Fsp3) is 0.294. The van der Waals surface area contributed by atoms with Crippen LogP contribution in [0.4, 0.5) is 4.79 Å². The van der Waals surface area contributed by atoms with Gasteiger partial charge in [0.05, 0.1) is 0 Å². The maximum atomic E-state index is 12.3. The Morgan fingerprint density at radius 1 is 1.02 bits per heavy atom. The number of benzene rings is 3. The van der Waals surface area contributed by atoms with E-state index < -0.39 is 29.5 Å². The molecule has 264 valence electrons. The molecule has 16 nitrogen and oxygen atoms in total. The summed E-state index contributed by atoms with van der Waals surface area (Å²) < 4.78 is 11.8. The van der Waals surface area contributed by atoms with Gasteiger partial charge in [-0.2, -0.15) is 5.12 Å². The van der Waals surface area contributed by atoms with Crippen molar-refractivity contribution < 1.29 is 39.2 Å². The number of carboxylic acids is 1. The predicted octanol–water partition coefficient (Wildman–Crippen LogP) is 4.29. The number of amidine groups is 1. The van der Waals surface area contributed by atoms with Crippen LogP contribution in [-0.2, 0) is 46.1 Å². The summed E-state index contributed by atoms with van der Waals surface area (Å²) in [4.78, 5) is 43.9. The largest absolute Gasteiger partial charge is 0.510 e. The molecule has 0 atom stereocenters. The topological polar surface area (TPSA) is 231 Å². The highest BCUT2D eigenvalue weighted by Crippen LogP contribution is 2.28. The number of hydrogen-bond donors (Lipinski definition) is 4. The van der Waals surface area contributed by atoms with Gasteiger partial charge in [0.25, 0.3) is 5.09 Å². The zero-order chi connectivity index (χ0) is 36.4. The number of aromatic nitrogens is 2. The van der Waals surface area contributed by atoms with E-state index in [9.17, 15) is 29.9 Å². The maximum Gasteiger partial charge on any atom is 0.510 e. The van der Waals surface area contributed by atoms with Gasteiger partial charge in [0.15, 0.2) is 18.3 Å².